The molecule has 4 rings (SSSR count). The van der Waals surface area contributed by atoms with Gasteiger partial charge in [0, 0.05) is 28.3 Å². The molecular weight excluding hydrogens is 336 g/mol. The van der Waals surface area contributed by atoms with Crippen molar-refractivity contribution in [2.75, 3.05) is 5.32 Å². The summed E-state index contributed by atoms with van der Waals surface area (Å²) < 4.78 is 2.03. The molecule has 0 spiro atoms. The van der Waals surface area contributed by atoms with E-state index in [1.165, 1.54) is 0 Å². The van der Waals surface area contributed by atoms with Crippen LogP contribution in [0, 0.1) is 6.92 Å². The smallest absolute Gasteiger partial charge is 0.261 e. The molecule has 0 aliphatic carbocycles. The monoisotopic (exact) mass is 352 g/mol. The third kappa shape index (κ3) is 2.53. The largest absolute Gasteiger partial charge is 0.343 e. The number of pyridine rings is 1. The van der Waals surface area contributed by atoms with Gasteiger partial charge in [-0.3, -0.25) is 9.59 Å². The molecule has 1 aliphatic heterocycles. The van der Waals surface area contributed by atoms with E-state index in [4.69, 9.17) is 11.6 Å². The Balaban J connectivity index is 1.80. The number of carbonyl (C=O) groups excluding carboxylic acids is 1. The second-order valence-electron chi connectivity index (χ2n) is 6.56. The highest BCUT2D eigenvalue weighted by Gasteiger charge is 2.24. The first kappa shape index (κ1) is 15.9. The third-order valence-corrected chi connectivity index (χ3v) is 5.21. The Morgan fingerprint density at radius 2 is 2.08 bits per heavy atom. The van der Waals surface area contributed by atoms with Gasteiger partial charge in [-0.2, -0.15) is 0 Å². The van der Waals surface area contributed by atoms with E-state index in [0.29, 0.717) is 16.1 Å². The Labute approximate surface area is 150 Å². The van der Waals surface area contributed by atoms with Crippen LogP contribution in [-0.4, -0.2) is 10.5 Å². The van der Waals surface area contributed by atoms with Crippen LogP contribution in [0.5, 0.6) is 0 Å². The van der Waals surface area contributed by atoms with Gasteiger partial charge >= 0.3 is 0 Å². The number of rotatable bonds is 2. The molecule has 1 atom stereocenters. The normalized spacial score (nSPS) is 15.6. The first-order valence-corrected chi connectivity index (χ1v) is 8.58. The highest BCUT2D eigenvalue weighted by molar-refractivity contribution is 6.31. The number of para-hydroxylation sites is 1. The number of hydrogen-bond donors (Lipinski definition) is 1. The van der Waals surface area contributed by atoms with Crippen LogP contribution in [0.25, 0.3) is 10.9 Å². The lowest BCUT2D eigenvalue weighted by molar-refractivity contribution is 0.102. The lowest BCUT2D eigenvalue weighted by Gasteiger charge is -2.13. The van der Waals surface area contributed by atoms with Gasteiger partial charge in [-0.1, -0.05) is 29.8 Å². The minimum atomic E-state index is -0.417. The predicted molar refractivity (Wildman–Crippen MR) is 101 cm³/mol. The molecule has 1 aromatic heterocycles. The third-order valence-electron chi connectivity index (χ3n) is 4.80. The van der Waals surface area contributed by atoms with Crippen molar-refractivity contribution < 1.29 is 4.79 Å². The highest BCUT2D eigenvalue weighted by atomic mass is 35.5. The molecule has 0 saturated carbocycles. The van der Waals surface area contributed by atoms with Crippen LogP contribution in [-0.2, 0) is 6.42 Å². The summed E-state index contributed by atoms with van der Waals surface area (Å²) in [6.07, 6.45) is 2.55. The average Bonchev–Trinajstić information content (AvgIpc) is 2.90. The predicted octanol–water partition coefficient (Wildman–Crippen LogP) is 4.33. The van der Waals surface area contributed by atoms with Gasteiger partial charge < -0.3 is 9.88 Å². The molecule has 0 saturated heterocycles. The Bertz CT molecular complexity index is 1080. The zero-order chi connectivity index (χ0) is 17.7. The molecule has 0 radical (unpaired) electrons. The van der Waals surface area contributed by atoms with Crippen molar-refractivity contribution in [3.8, 4) is 0 Å². The summed E-state index contributed by atoms with van der Waals surface area (Å²) in [5, 5.41) is 3.95. The van der Waals surface area contributed by atoms with Gasteiger partial charge in [0.1, 0.15) is 5.56 Å². The standard InChI is InChI=1S/C20H17ClN2O2/c1-11-6-7-14(9-17(11)21)22-20(25)16-10-23-12(2)8-13-4-3-5-15(18(13)23)19(16)24/h3-7,9-10,12H,8H2,1-2H3,(H,22,25). The van der Waals surface area contributed by atoms with Gasteiger partial charge in [0.15, 0.2) is 0 Å². The maximum Gasteiger partial charge on any atom is 0.261 e. The zero-order valence-electron chi connectivity index (χ0n) is 14.0. The molecule has 3 aromatic rings. The number of nitrogens with one attached hydrogen (secondary N) is 1. The van der Waals surface area contributed by atoms with Crippen molar-refractivity contribution in [1.29, 1.82) is 0 Å². The number of benzene rings is 2. The fraction of sp³-hybridized carbons (Fsp3) is 0.200. The summed E-state index contributed by atoms with van der Waals surface area (Å²) in [5.41, 5.74) is 3.51. The number of aromatic nitrogens is 1. The van der Waals surface area contributed by atoms with Crippen LogP contribution in [0.2, 0.25) is 5.02 Å². The Morgan fingerprint density at radius 3 is 2.84 bits per heavy atom. The van der Waals surface area contributed by atoms with E-state index < -0.39 is 5.91 Å². The number of amides is 1. The van der Waals surface area contributed by atoms with Crippen LogP contribution >= 0.6 is 11.6 Å². The van der Waals surface area contributed by atoms with E-state index in [9.17, 15) is 9.59 Å². The van der Waals surface area contributed by atoms with Crippen molar-refractivity contribution in [3.05, 3.63) is 74.5 Å². The Kier molecular flexibility index (Phi) is 3.65. The molecule has 1 amide bonds. The van der Waals surface area contributed by atoms with Crippen LogP contribution in [0.4, 0.5) is 5.69 Å². The van der Waals surface area contributed by atoms with E-state index in [0.717, 1.165) is 23.1 Å². The molecule has 0 bridgehead atoms. The van der Waals surface area contributed by atoms with Gasteiger partial charge in [0.05, 0.1) is 5.52 Å². The molecule has 126 valence electrons. The molecule has 2 aromatic carbocycles. The van der Waals surface area contributed by atoms with Gasteiger partial charge in [-0.15, -0.1) is 0 Å². The molecule has 0 fully saturated rings. The van der Waals surface area contributed by atoms with Gasteiger partial charge in [0.25, 0.3) is 5.91 Å². The second-order valence-corrected chi connectivity index (χ2v) is 6.97. The molecule has 4 nitrogen and oxygen atoms in total. The maximum atomic E-state index is 12.8. The summed E-state index contributed by atoms with van der Waals surface area (Å²) in [6, 6.07) is 11.2. The minimum Gasteiger partial charge on any atom is -0.343 e. The molecule has 1 N–H and O–H groups in total. The van der Waals surface area contributed by atoms with Crippen molar-refractivity contribution in [3.63, 3.8) is 0 Å². The van der Waals surface area contributed by atoms with Crippen LogP contribution < -0.4 is 10.7 Å². The number of halogens is 1. The first-order chi connectivity index (χ1) is 12.0. The lowest BCUT2D eigenvalue weighted by atomic mass is 10.1. The molecule has 1 unspecified atom stereocenters. The Hall–Kier alpha value is -2.59. The fourth-order valence-electron chi connectivity index (χ4n) is 3.45. The molecular formula is C20H17ClN2O2. The zero-order valence-corrected chi connectivity index (χ0v) is 14.7. The maximum absolute atomic E-state index is 12.8. The summed E-state index contributed by atoms with van der Waals surface area (Å²) in [6.45, 7) is 3.98. The quantitative estimate of drug-likeness (QED) is 0.746. The highest BCUT2D eigenvalue weighted by Crippen LogP contribution is 2.31. The molecule has 25 heavy (non-hydrogen) atoms. The van der Waals surface area contributed by atoms with E-state index in [-0.39, 0.29) is 17.0 Å². The number of carbonyl (C=O) groups is 1. The topological polar surface area (TPSA) is 51.1 Å². The van der Waals surface area contributed by atoms with Gasteiger partial charge in [-0.05, 0) is 49.6 Å². The fourth-order valence-corrected chi connectivity index (χ4v) is 3.63. The number of anilines is 1. The van der Waals surface area contributed by atoms with Crippen LogP contribution in [0.3, 0.4) is 0 Å². The number of nitrogens with zero attached hydrogens (tertiary/aromatic N) is 1. The van der Waals surface area contributed by atoms with Crippen LogP contribution in [0.15, 0.2) is 47.4 Å². The molecule has 1 aliphatic rings. The van der Waals surface area contributed by atoms with E-state index in [2.05, 4.69) is 12.2 Å². The molecule has 2 heterocycles. The van der Waals surface area contributed by atoms with Gasteiger partial charge in [0.2, 0.25) is 5.43 Å². The van der Waals surface area contributed by atoms with E-state index in [1.807, 2.05) is 29.7 Å². The number of hydrogen-bond acceptors (Lipinski definition) is 2. The van der Waals surface area contributed by atoms with Crippen molar-refractivity contribution >= 4 is 34.1 Å². The summed E-state index contributed by atoms with van der Waals surface area (Å²) >= 11 is 6.11. The van der Waals surface area contributed by atoms with E-state index >= 15 is 0 Å². The van der Waals surface area contributed by atoms with Gasteiger partial charge in [-0.25, -0.2) is 0 Å². The summed E-state index contributed by atoms with van der Waals surface area (Å²) in [7, 11) is 0. The van der Waals surface area contributed by atoms with Crippen molar-refractivity contribution in [1.82, 2.24) is 4.57 Å². The molecule has 5 heteroatoms. The SMILES string of the molecule is Cc1ccc(NC(=O)c2cn3c4c(cccc4c2=O)CC3C)cc1Cl. The summed E-state index contributed by atoms with van der Waals surface area (Å²) in [4.78, 5) is 25.5. The van der Waals surface area contributed by atoms with E-state index in [1.54, 1.807) is 24.4 Å². The van der Waals surface area contributed by atoms with Crippen molar-refractivity contribution in [2.24, 2.45) is 0 Å². The minimum absolute atomic E-state index is 0.148. The second kappa shape index (κ2) is 5.74. The number of aryl methyl sites for hydroxylation is 1. The lowest BCUT2D eigenvalue weighted by Crippen LogP contribution is -2.23. The summed E-state index contributed by atoms with van der Waals surface area (Å²) in [5.74, 6) is -0.417. The Morgan fingerprint density at radius 1 is 1.28 bits per heavy atom. The van der Waals surface area contributed by atoms with Crippen LogP contribution in [0.1, 0.15) is 34.5 Å². The first-order valence-electron chi connectivity index (χ1n) is 8.20. The van der Waals surface area contributed by atoms with Crippen molar-refractivity contribution in [2.45, 2.75) is 26.3 Å². The average molecular weight is 353 g/mol.